The van der Waals surface area contributed by atoms with Gasteiger partial charge in [0, 0.05) is 39.0 Å². The Balaban J connectivity index is 1.00. The molecule has 0 radical (unpaired) electrons. The minimum atomic E-state index is 1.06. The number of hydrogen-bond donors (Lipinski definition) is 0. The first-order valence-corrected chi connectivity index (χ1v) is 25.4. The molecule has 0 aliphatic carbocycles. The van der Waals surface area contributed by atoms with Crippen molar-refractivity contribution >= 4 is 38.9 Å². The summed E-state index contributed by atoms with van der Waals surface area (Å²) in [5.74, 6) is 0. The van der Waals surface area contributed by atoms with Gasteiger partial charge in [0.25, 0.3) is 0 Å². The van der Waals surface area contributed by atoms with Crippen LogP contribution in [0, 0.1) is 0 Å². The predicted molar refractivity (Wildman–Crippen MR) is 314 cm³/mol. The standard InChI is InChI=1S/C72H50N2/c1-5-23-51(24-6-1)56-47-57(52-25-7-2-8-26-52)49-58(48-56)53-43-45-60(46-44-53)73(70-41-19-17-37-67(70)66-36-16-15-35-65(66)64-34-14-13-33-62(64)54-27-9-3-10-28-54)61-32-21-29-55(50-61)63-39-22-40-69-68-38-18-20-42-71(68)74(72(63)69)59-30-11-4-12-31-59/h1-50H. The van der Waals surface area contributed by atoms with Crippen LogP contribution in [-0.2, 0) is 0 Å². The average Bonchev–Trinajstić information content (AvgIpc) is 3.83. The van der Waals surface area contributed by atoms with Crippen LogP contribution in [0.5, 0.6) is 0 Å². The molecule has 12 aromatic carbocycles. The van der Waals surface area contributed by atoms with Crippen molar-refractivity contribution < 1.29 is 0 Å². The van der Waals surface area contributed by atoms with Crippen LogP contribution >= 0.6 is 0 Å². The van der Waals surface area contributed by atoms with Crippen molar-refractivity contribution in [1.82, 2.24) is 4.57 Å². The van der Waals surface area contributed by atoms with Crippen LogP contribution in [0.1, 0.15) is 0 Å². The van der Waals surface area contributed by atoms with Gasteiger partial charge in [0.05, 0.1) is 16.7 Å². The van der Waals surface area contributed by atoms with Crippen LogP contribution in [0.15, 0.2) is 303 Å². The van der Waals surface area contributed by atoms with E-state index in [2.05, 4.69) is 313 Å². The quantitative estimate of drug-likeness (QED) is 0.125. The zero-order valence-corrected chi connectivity index (χ0v) is 40.8. The van der Waals surface area contributed by atoms with Gasteiger partial charge in [0.1, 0.15) is 0 Å². The number of rotatable bonds is 11. The maximum Gasteiger partial charge on any atom is 0.0619 e. The van der Waals surface area contributed by atoms with Gasteiger partial charge >= 0.3 is 0 Å². The van der Waals surface area contributed by atoms with Gasteiger partial charge in [-0.1, -0.05) is 237 Å². The third-order valence-electron chi connectivity index (χ3n) is 14.4. The second-order valence-corrected chi connectivity index (χ2v) is 18.8. The Morgan fingerprint density at radius 1 is 0.230 bits per heavy atom. The molecule has 0 fully saturated rings. The summed E-state index contributed by atoms with van der Waals surface area (Å²) in [6, 6.07) is 110. The van der Waals surface area contributed by atoms with Crippen molar-refractivity contribution in [2.24, 2.45) is 0 Å². The summed E-state index contributed by atoms with van der Waals surface area (Å²) < 4.78 is 2.43. The van der Waals surface area contributed by atoms with Crippen molar-refractivity contribution in [2.75, 3.05) is 4.90 Å². The number of fused-ring (bicyclic) bond motifs is 3. The first kappa shape index (κ1) is 44.2. The lowest BCUT2D eigenvalue weighted by Crippen LogP contribution is -2.11. The molecule has 0 aliphatic rings. The summed E-state index contributed by atoms with van der Waals surface area (Å²) in [6.45, 7) is 0. The van der Waals surface area contributed by atoms with Gasteiger partial charge in [-0.05, 0) is 133 Å². The van der Waals surface area contributed by atoms with Gasteiger partial charge in [0.15, 0.2) is 0 Å². The Morgan fingerprint density at radius 2 is 0.662 bits per heavy atom. The van der Waals surface area contributed by atoms with E-state index in [0.29, 0.717) is 0 Å². The minimum absolute atomic E-state index is 1.06. The van der Waals surface area contributed by atoms with Crippen molar-refractivity contribution in [3.63, 3.8) is 0 Å². The van der Waals surface area contributed by atoms with Crippen LogP contribution in [0.3, 0.4) is 0 Å². The first-order chi connectivity index (χ1) is 36.7. The van der Waals surface area contributed by atoms with Crippen LogP contribution in [0.25, 0.3) is 105 Å². The fourth-order valence-electron chi connectivity index (χ4n) is 11.0. The highest BCUT2D eigenvalue weighted by Gasteiger charge is 2.22. The summed E-state index contributed by atoms with van der Waals surface area (Å²) in [5.41, 5.74) is 23.1. The largest absolute Gasteiger partial charge is 0.310 e. The van der Waals surface area contributed by atoms with E-state index in [0.717, 1.165) is 45.0 Å². The van der Waals surface area contributed by atoms with E-state index < -0.39 is 0 Å². The Morgan fingerprint density at radius 3 is 1.30 bits per heavy atom. The average molecular weight is 943 g/mol. The molecule has 0 bridgehead atoms. The minimum Gasteiger partial charge on any atom is -0.310 e. The zero-order chi connectivity index (χ0) is 49.2. The van der Waals surface area contributed by atoms with E-state index in [1.165, 1.54) is 77.4 Å². The Labute approximate surface area is 433 Å². The SMILES string of the molecule is c1ccc(-c2cc(-c3ccccc3)cc(-c3ccc(N(c4cccc(-c5cccc6c7ccccc7n(-c7ccccc7)c56)c4)c4ccccc4-c4ccccc4-c4ccccc4-c4ccccc4)cc3)c2)cc1. The Bertz CT molecular complexity index is 4040. The molecule has 2 nitrogen and oxygen atoms in total. The van der Waals surface area contributed by atoms with E-state index in [-0.39, 0.29) is 0 Å². The van der Waals surface area contributed by atoms with E-state index in [4.69, 9.17) is 0 Å². The molecule has 0 saturated carbocycles. The smallest absolute Gasteiger partial charge is 0.0619 e. The van der Waals surface area contributed by atoms with E-state index in [9.17, 15) is 0 Å². The highest BCUT2D eigenvalue weighted by atomic mass is 15.1. The summed E-state index contributed by atoms with van der Waals surface area (Å²) in [6.07, 6.45) is 0. The highest BCUT2D eigenvalue weighted by molar-refractivity contribution is 6.14. The molecular weight excluding hydrogens is 893 g/mol. The van der Waals surface area contributed by atoms with Crippen molar-refractivity contribution in [3.05, 3.63) is 303 Å². The predicted octanol–water partition coefficient (Wildman–Crippen LogP) is 19.9. The lowest BCUT2D eigenvalue weighted by Gasteiger charge is -2.29. The van der Waals surface area contributed by atoms with Gasteiger partial charge in [-0.25, -0.2) is 0 Å². The molecular formula is C72H50N2. The van der Waals surface area contributed by atoms with Crippen LogP contribution in [-0.4, -0.2) is 4.57 Å². The molecule has 13 aromatic rings. The molecule has 2 heteroatoms. The van der Waals surface area contributed by atoms with Crippen LogP contribution in [0.4, 0.5) is 17.1 Å². The van der Waals surface area contributed by atoms with Crippen molar-refractivity contribution in [1.29, 1.82) is 0 Å². The molecule has 0 N–H and O–H groups in total. The second kappa shape index (κ2) is 19.4. The third kappa shape index (κ3) is 8.25. The highest BCUT2D eigenvalue weighted by Crippen LogP contribution is 2.47. The molecule has 348 valence electrons. The van der Waals surface area contributed by atoms with Crippen LogP contribution < -0.4 is 4.90 Å². The number of anilines is 3. The normalized spacial score (nSPS) is 11.2. The molecule has 0 atom stereocenters. The van der Waals surface area contributed by atoms with Crippen molar-refractivity contribution in [3.8, 4) is 83.6 Å². The van der Waals surface area contributed by atoms with Gasteiger partial charge in [-0.3, -0.25) is 0 Å². The van der Waals surface area contributed by atoms with Crippen molar-refractivity contribution in [2.45, 2.75) is 0 Å². The van der Waals surface area contributed by atoms with E-state index in [1.54, 1.807) is 0 Å². The monoisotopic (exact) mass is 942 g/mol. The maximum absolute atomic E-state index is 2.45. The van der Waals surface area contributed by atoms with Gasteiger partial charge in [-0.15, -0.1) is 0 Å². The molecule has 0 spiro atoms. The summed E-state index contributed by atoms with van der Waals surface area (Å²) >= 11 is 0. The molecule has 13 rings (SSSR count). The lowest BCUT2D eigenvalue weighted by molar-refractivity contribution is 1.18. The fourth-order valence-corrected chi connectivity index (χ4v) is 11.0. The van der Waals surface area contributed by atoms with Gasteiger partial charge < -0.3 is 9.47 Å². The third-order valence-corrected chi connectivity index (χ3v) is 14.4. The first-order valence-electron chi connectivity index (χ1n) is 25.4. The topological polar surface area (TPSA) is 8.17 Å². The Hall–Kier alpha value is -9.76. The fraction of sp³-hybridized carbons (Fsp3) is 0. The van der Waals surface area contributed by atoms with E-state index in [1.807, 2.05) is 0 Å². The summed E-state index contributed by atoms with van der Waals surface area (Å²) in [5, 5.41) is 2.46. The number of aromatic nitrogens is 1. The molecule has 0 amide bonds. The lowest BCUT2D eigenvalue weighted by atomic mass is 9.88. The molecule has 1 aromatic heterocycles. The summed E-state index contributed by atoms with van der Waals surface area (Å²) in [4.78, 5) is 2.45. The van der Waals surface area contributed by atoms with E-state index >= 15 is 0 Å². The van der Waals surface area contributed by atoms with Gasteiger partial charge in [-0.2, -0.15) is 0 Å². The maximum atomic E-state index is 2.45. The molecule has 0 saturated heterocycles. The van der Waals surface area contributed by atoms with Crippen LogP contribution in [0.2, 0.25) is 0 Å². The molecule has 1 heterocycles. The molecule has 0 unspecified atom stereocenters. The zero-order valence-electron chi connectivity index (χ0n) is 40.8. The molecule has 74 heavy (non-hydrogen) atoms. The number of nitrogens with zero attached hydrogens (tertiary/aromatic N) is 2. The number of benzene rings is 12. The second-order valence-electron chi connectivity index (χ2n) is 18.8. The number of para-hydroxylation sites is 4. The summed E-state index contributed by atoms with van der Waals surface area (Å²) in [7, 11) is 0. The molecule has 0 aliphatic heterocycles. The Kier molecular flexibility index (Phi) is 11.6. The number of hydrogen-bond acceptors (Lipinski definition) is 1. The van der Waals surface area contributed by atoms with Gasteiger partial charge in [0.2, 0.25) is 0 Å².